The molecule has 0 spiro atoms. The van der Waals surface area contributed by atoms with Crippen LogP contribution in [-0.2, 0) is 27.3 Å². The number of hydrogen-bond acceptors (Lipinski definition) is 5. The Morgan fingerprint density at radius 3 is 2.71 bits per heavy atom. The van der Waals surface area contributed by atoms with E-state index in [0.29, 0.717) is 42.4 Å². The fraction of sp³-hybridized carbons (Fsp3) is 0.478. The molecule has 31 heavy (non-hydrogen) atoms. The molecule has 1 amide bonds. The van der Waals surface area contributed by atoms with Gasteiger partial charge in [0, 0.05) is 25.9 Å². The molecule has 3 rings (SSSR count). The van der Waals surface area contributed by atoms with Crippen molar-refractivity contribution in [1.29, 1.82) is 0 Å². The van der Waals surface area contributed by atoms with Crippen molar-refractivity contribution in [2.45, 2.75) is 46.6 Å². The highest BCUT2D eigenvalue weighted by Crippen LogP contribution is 2.32. The van der Waals surface area contributed by atoms with E-state index in [4.69, 9.17) is 12.6 Å². The van der Waals surface area contributed by atoms with Crippen LogP contribution in [-0.4, -0.2) is 48.7 Å². The van der Waals surface area contributed by atoms with Crippen molar-refractivity contribution in [2.75, 3.05) is 18.6 Å². The van der Waals surface area contributed by atoms with E-state index in [2.05, 4.69) is 4.98 Å². The van der Waals surface area contributed by atoms with Crippen molar-refractivity contribution >= 4 is 36.8 Å². The smallest absolute Gasteiger partial charge is 0.313 e. The topological polar surface area (TPSA) is 81.5 Å². The lowest BCUT2D eigenvalue weighted by Gasteiger charge is -2.21. The molecule has 0 aliphatic carbocycles. The van der Waals surface area contributed by atoms with Crippen molar-refractivity contribution in [3.63, 3.8) is 0 Å². The number of esters is 1. The molecule has 0 saturated heterocycles. The third-order valence-corrected chi connectivity index (χ3v) is 5.53. The number of aromatic nitrogens is 2. The molecule has 1 aromatic heterocycles. The monoisotopic (exact) mass is 421 g/mol. The zero-order valence-corrected chi connectivity index (χ0v) is 18.6. The van der Waals surface area contributed by atoms with Gasteiger partial charge in [0.05, 0.1) is 6.61 Å². The molecule has 162 valence electrons. The summed E-state index contributed by atoms with van der Waals surface area (Å²) >= 11 is 0. The second-order valence-electron chi connectivity index (χ2n) is 8.30. The molecule has 7 nitrogen and oxygen atoms in total. The van der Waals surface area contributed by atoms with Gasteiger partial charge in [0.2, 0.25) is 5.91 Å². The molecule has 2 heterocycles. The minimum Gasteiger partial charge on any atom is -0.465 e. The zero-order chi connectivity index (χ0) is 22.7. The summed E-state index contributed by atoms with van der Waals surface area (Å²) in [5.41, 5.74) is 1.82. The third-order valence-electron chi connectivity index (χ3n) is 5.53. The van der Waals surface area contributed by atoms with Crippen LogP contribution >= 0.6 is 0 Å². The van der Waals surface area contributed by atoms with Crippen molar-refractivity contribution < 1.29 is 19.1 Å². The molecule has 2 aromatic rings. The molecule has 0 fully saturated rings. The zero-order valence-electron chi connectivity index (χ0n) is 18.6. The first kappa shape index (κ1) is 22.8. The molecule has 0 bridgehead atoms. The van der Waals surface area contributed by atoms with Gasteiger partial charge in [-0.3, -0.25) is 19.3 Å². The fourth-order valence-corrected chi connectivity index (χ4v) is 3.83. The maximum Gasteiger partial charge on any atom is 0.313 e. The summed E-state index contributed by atoms with van der Waals surface area (Å²) < 4.78 is 6.95. The van der Waals surface area contributed by atoms with E-state index in [0.717, 1.165) is 5.56 Å². The normalized spacial score (nSPS) is 16.4. The summed E-state index contributed by atoms with van der Waals surface area (Å²) in [5.74, 6) is -0.423. The number of fused-ring (bicyclic) bond motifs is 1. The van der Waals surface area contributed by atoms with Gasteiger partial charge in [-0.25, -0.2) is 4.98 Å². The number of carbonyl (C=O) groups is 3. The fourth-order valence-electron chi connectivity index (χ4n) is 3.83. The van der Waals surface area contributed by atoms with Gasteiger partial charge in [-0.1, -0.05) is 50.5 Å². The Balaban J connectivity index is 2.08. The Labute approximate surface area is 184 Å². The number of ketones is 1. The van der Waals surface area contributed by atoms with Crippen molar-refractivity contribution in [1.82, 2.24) is 9.55 Å². The molecule has 1 aromatic carbocycles. The molecule has 1 aliphatic rings. The third kappa shape index (κ3) is 4.89. The maximum absolute atomic E-state index is 13.3. The van der Waals surface area contributed by atoms with Crippen LogP contribution in [0.1, 0.15) is 55.5 Å². The van der Waals surface area contributed by atoms with Crippen molar-refractivity contribution in [3.8, 4) is 0 Å². The summed E-state index contributed by atoms with van der Waals surface area (Å²) in [6.07, 6.45) is 0.737. The van der Waals surface area contributed by atoms with Gasteiger partial charge in [-0.15, -0.1) is 0 Å². The van der Waals surface area contributed by atoms with E-state index >= 15 is 0 Å². The Morgan fingerprint density at radius 2 is 2.06 bits per heavy atom. The molecule has 0 N–H and O–H groups in total. The first-order valence-electron chi connectivity index (χ1n) is 10.6. The highest BCUT2D eigenvalue weighted by Gasteiger charge is 2.38. The number of nitrogens with zero attached hydrogens (tertiary/aromatic N) is 3. The number of benzene rings is 1. The van der Waals surface area contributed by atoms with Gasteiger partial charge in [-0.2, -0.15) is 0 Å². The second kappa shape index (κ2) is 9.50. The van der Waals surface area contributed by atoms with Crippen LogP contribution < -0.4 is 10.4 Å². The van der Waals surface area contributed by atoms with Gasteiger partial charge in [0.25, 0.3) is 0 Å². The second-order valence-corrected chi connectivity index (χ2v) is 8.30. The van der Waals surface area contributed by atoms with Crippen LogP contribution in [0.2, 0.25) is 0 Å². The van der Waals surface area contributed by atoms with Gasteiger partial charge >= 0.3 is 5.97 Å². The van der Waals surface area contributed by atoms with Gasteiger partial charge in [0.1, 0.15) is 25.8 Å². The average molecular weight is 421 g/mol. The number of anilines is 1. The highest BCUT2D eigenvalue weighted by atomic mass is 16.5. The Hall–Kier alpha value is -2.90. The van der Waals surface area contributed by atoms with Crippen LogP contribution in [0.4, 0.5) is 5.82 Å². The lowest BCUT2D eigenvalue weighted by Crippen LogP contribution is -2.34. The van der Waals surface area contributed by atoms with E-state index < -0.39 is 11.9 Å². The largest absolute Gasteiger partial charge is 0.465 e. The van der Waals surface area contributed by atoms with E-state index in [9.17, 15) is 14.4 Å². The summed E-state index contributed by atoms with van der Waals surface area (Å²) in [4.78, 5) is 44.6. The lowest BCUT2D eigenvalue weighted by atomic mass is 9.90. The van der Waals surface area contributed by atoms with E-state index in [1.165, 1.54) is 4.90 Å². The van der Waals surface area contributed by atoms with Gasteiger partial charge in [0.15, 0.2) is 11.6 Å². The molecular formula is C23H28BN3O4. The van der Waals surface area contributed by atoms with Gasteiger partial charge in [-0.05, 0) is 17.9 Å². The van der Waals surface area contributed by atoms with E-state index in [-0.39, 0.29) is 30.4 Å². The molecule has 1 atom stereocenters. The van der Waals surface area contributed by atoms with Gasteiger partial charge < -0.3 is 9.30 Å². The summed E-state index contributed by atoms with van der Waals surface area (Å²) in [5, 5.41) is 0. The molecule has 1 unspecified atom stereocenters. The van der Waals surface area contributed by atoms with Crippen LogP contribution in [0.25, 0.3) is 0 Å². The summed E-state index contributed by atoms with van der Waals surface area (Å²) in [6, 6.07) is 7.33. The minimum atomic E-state index is -0.419. The molecule has 1 aliphatic heterocycles. The predicted octanol–water partition coefficient (Wildman–Crippen LogP) is 2.04. The summed E-state index contributed by atoms with van der Waals surface area (Å²) in [7, 11) is 7.56. The van der Waals surface area contributed by atoms with Crippen LogP contribution in [0, 0.1) is 11.8 Å². The molecule has 0 saturated carbocycles. The van der Waals surface area contributed by atoms with E-state index in [1.54, 1.807) is 17.7 Å². The molecule has 8 heteroatoms. The quantitative estimate of drug-likeness (QED) is 0.505. The Morgan fingerprint density at radius 1 is 1.32 bits per heavy atom. The number of Topliss-reactive ketones (excluding diaryl/α,β-unsaturated/α-hetero) is 1. The molecular weight excluding hydrogens is 393 g/mol. The SMILES string of the molecule is [B]c1cccc(Cn2c(CC(=O)OCCC)nc3c2C(=O)CC(C(C)C)C(=O)N3C)c1. The Bertz CT molecular complexity index is 999. The van der Waals surface area contributed by atoms with Crippen LogP contribution in [0.15, 0.2) is 24.3 Å². The maximum atomic E-state index is 13.3. The Kier molecular flexibility index (Phi) is 6.98. The lowest BCUT2D eigenvalue weighted by molar-refractivity contribution is -0.143. The number of imidazole rings is 1. The standard InChI is InChI=1S/C23H28BN3O4/c1-5-9-31-20(29)12-19-25-22-21(27(19)13-15-7-6-8-16(24)10-15)18(28)11-17(14(2)3)23(30)26(22)4/h6-8,10,14,17H,5,9,11-13H2,1-4H3. The number of hydrogen-bond donors (Lipinski definition) is 0. The average Bonchev–Trinajstić information content (AvgIpc) is 3.02. The summed E-state index contributed by atoms with van der Waals surface area (Å²) in [6.45, 7) is 6.42. The minimum absolute atomic E-state index is 0.0220. The van der Waals surface area contributed by atoms with Crippen molar-refractivity contribution in [3.05, 3.63) is 41.3 Å². The number of rotatable bonds is 7. The number of amides is 1. The predicted molar refractivity (Wildman–Crippen MR) is 119 cm³/mol. The number of carbonyl (C=O) groups excluding carboxylic acids is 3. The van der Waals surface area contributed by atoms with Crippen molar-refractivity contribution in [2.24, 2.45) is 11.8 Å². The molecule has 2 radical (unpaired) electrons. The first-order chi connectivity index (χ1) is 14.7. The number of ether oxygens (including phenoxy) is 1. The van der Waals surface area contributed by atoms with Crippen LogP contribution in [0.5, 0.6) is 0 Å². The first-order valence-corrected chi connectivity index (χ1v) is 10.6. The van der Waals surface area contributed by atoms with E-state index in [1.807, 2.05) is 39.0 Å². The highest BCUT2D eigenvalue weighted by molar-refractivity contribution is 6.32. The van der Waals surface area contributed by atoms with Crippen LogP contribution in [0.3, 0.4) is 0 Å².